The van der Waals surface area contributed by atoms with E-state index in [4.69, 9.17) is 0 Å². The maximum absolute atomic E-state index is 12.9. The molecule has 0 aromatic carbocycles. The summed E-state index contributed by atoms with van der Waals surface area (Å²) in [5, 5.41) is 17.0. The van der Waals surface area contributed by atoms with Gasteiger partial charge in [-0.1, -0.05) is 6.07 Å². The van der Waals surface area contributed by atoms with Crippen molar-refractivity contribution in [3.8, 4) is 17.9 Å². The molecule has 1 unspecified atom stereocenters. The predicted octanol–water partition coefficient (Wildman–Crippen LogP) is 2.18. The summed E-state index contributed by atoms with van der Waals surface area (Å²) in [6.45, 7) is -2.94. The number of pyridine rings is 1. The van der Waals surface area contributed by atoms with Crippen molar-refractivity contribution in [2.24, 2.45) is 5.92 Å². The molecule has 2 aliphatic heterocycles. The molecule has 2 aromatic heterocycles. The van der Waals surface area contributed by atoms with E-state index < -0.39 is 6.61 Å². The Morgan fingerprint density at radius 1 is 1.32 bits per heavy atom. The zero-order valence-corrected chi connectivity index (χ0v) is 16.7. The number of aryl methyl sites for hydroxylation is 1. The molecule has 2 aromatic rings. The molecule has 1 amide bonds. The average Bonchev–Trinajstić information content (AvgIpc) is 3.44. The zero-order valence-electron chi connectivity index (χ0n) is 16.7. The van der Waals surface area contributed by atoms with Crippen molar-refractivity contribution in [1.29, 1.82) is 5.26 Å². The monoisotopic (exact) mass is 428 g/mol. The van der Waals surface area contributed by atoms with E-state index in [1.807, 2.05) is 4.90 Å². The zero-order chi connectivity index (χ0) is 21.5. The first kappa shape index (κ1) is 19.7. The molecule has 0 radical (unpaired) electrons. The Hall–Kier alpha value is -3.22. The highest BCUT2D eigenvalue weighted by atomic mass is 19.3. The summed E-state index contributed by atoms with van der Waals surface area (Å²) in [6.07, 6.45) is 8.80. The number of nitriles is 1. The number of amides is 1. The molecule has 3 aliphatic rings. The molecule has 4 heterocycles. The second-order valence-corrected chi connectivity index (χ2v) is 8.35. The number of rotatable bonds is 5. The van der Waals surface area contributed by atoms with Crippen LogP contribution in [-0.4, -0.2) is 50.3 Å². The first-order valence-electron chi connectivity index (χ1n) is 10.5. The highest BCUT2D eigenvalue weighted by Gasteiger charge is 2.47. The molecule has 5 rings (SSSR count). The second kappa shape index (κ2) is 7.80. The molecule has 2 saturated heterocycles. The number of ether oxygens (including phenoxy) is 1. The molecule has 8 nitrogen and oxygen atoms in total. The van der Waals surface area contributed by atoms with Gasteiger partial charge in [0.15, 0.2) is 12.0 Å². The van der Waals surface area contributed by atoms with E-state index in [1.54, 1.807) is 23.0 Å². The van der Waals surface area contributed by atoms with Gasteiger partial charge in [-0.3, -0.25) is 4.79 Å². The van der Waals surface area contributed by atoms with Crippen LogP contribution in [0.25, 0.3) is 5.82 Å². The van der Waals surface area contributed by atoms with E-state index in [-0.39, 0.29) is 35.8 Å². The topological polar surface area (TPSA) is 96.1 Å². The minimum absolute atomic E-state index is 0.0271. The summed E-state index contributed by atoms with van der Waals surface area (Å²) in [5.41, 5.74) is 1.85. The number of alkyl halides is 2. The number of hydrogen-bond donors (Lipinski definition) is 1. The molecular formula is C21H22F2N6O2. The number of aromatic nitrogens is 3. The largest absolute Gasteiger partial charge is 0.417 e. The van der Waals surface area contributed by atoms with E-state index in [1.165, 1.54) is 6.07 Å². The van der Waals surface area contributed by atoms with E-state index in [2.05, 4.69) is 26.3 Å². The Kier molecular flexibility index (Phi) is 4.96. The Balaban J connectivity index is 1.26. The lowest BCUT2D eigenvalue weighted by molar-refractivity contribution is -0.126. The first-order chi connectivity index (χ1) is 15.0. The average molecular weight is 428 g/mol. The normalized spacial score (nSPS) is 26.6. The van der Waals surface area contributed by atoms with Crippen LogP contribution in [0, 0.1) is 17.4 Å². The van der Waals surface area contributed by atoms with Crippen molar-refractivity contribution in [3.63, 3.8) is 0 Å². The van der Waals surface area contributed by atoms with Crippen molar-refractivity contribution < 1.29 is 18.3 Å². The Bertz CT molecular complexity index is 1040. The molecule has 0 saturated carbocycles. The fraction of sp³-hybridized carbons (Fsp3) is 0.524. The number of carbonyl (C=O) groups excluding carboxylic acids is 1. The summed E-state index contributed by atoms with van der Waals surface area (Å²) < 4.78 is 30.8. The lowest BCUT2D eigenvalue weighted by Gasteiger charge is -2.26. The van der Waals surface area contributed by atoms with Crippen LogP contribution >= 0.6 is 0 Å². The minimum Gasteiger partial charge on any atom is -0.417 e. The molecule has 2 fully saturated rings. The van der Waals surface area contributed by atoms with Gasteiger partial charge in [0.1, 0.15) is 0 Å². The van der Waals surface area contributed by atoms with Gasteiger partial charge in [-0.05, 0) is 50.2 Å². The SMILES string of the molecule is N#CN1[C@H]2CC[C@@H]1[C@H](NC(=O)C1CCc3nn(-c4cccc(OC(F)F)n4)cc3C1)C2. The smallest absolute Gasteiger partial charge is 0.388 e. The molecule has 162 valence electrons. The maximum Gasteiger partial charge on any atom is 0.388 e. The lowest BCUT2D eigenvalue weighted by atomic mass is 9.86. The van der Waals surface area contributed by atoms with Crippen molar-refractivity contribution in [1.82, 2.24) is 25.0 Å². The van der Waals surface area contributed by atoms with Crippen LogP contribution in [0.1, 0.15) is 36.9 Å². The van der Waals surface area contributed by atoms with Gasteiger partial charge >= 0.3 is 6.61 Å². The van der Waals surface area contributed by atoms with Crippen molar-refractivity contribution in [3.05, 3.63) is 35.7 Å². The maximum atomic E-state index is 12.9. The predicted molar refractivity (Wildman–Crippen MR) is 104 cm³/mol. The molecule has 0 spiro atoms. The number of nitrogens with zero attached hydrogens (tertiary/aromatic N) is 5. The van der Waals surface area contributed by atoms with Crippen molar-refractivity contribution in [2.45, 2.75) is 63.3 Å². The summed E-state index contributed by atoms with van der Waals surface area (Å²) in [4.78, 5) is 18.8. The fourth-order valence-electron chi connectivity index (χ4n) is 5.13. The number of carbonyl (C=O) groups is 1. The molecule has 1 N–H and O–H groups in total. The molecule has 4 atom stereocenters. The van der Waals surface area contributed by atoms with Crippen LogP contribution < -0.4 is 10.1 Å². The lowest BCUT2D eigenvalue weighted by Crippen LogP contribution is -2.46. The van der Waals surface area contributed by atoms with Crippen LogP contribution in [0.2, 0.25) is 0 Å². The van der Waals surface area contributed by atoms with Gasteiger partial charge in [0.05, 0.1) is 17.8 Å². The third-order valence-corrected chi connectivity index (χ3v) is 6.58. The number of nitrogens with one attached hydrogen (secondary N) is 1. The number of fused-ring (bicyclic) bond motifs is 3. The fourth-order valence-corrected chi connectivity index (χ4v) is 5.13. The second-order valence-electron chi connectivity index (χ2n) is 8.35. The molecule has 2 bridgehead atoms. The first-order valence-corrected chi connectivity index (χ1v) is 10.5. The van der Waals surface area contributed by atoms with Crippen molar-refractivity contribution >= 4 is 5.91 Å². The van der Waals surface area contributed by atoms with Crippen LogP contribution in [0.3, 0.4) is 0 Å². The van der Waals surface area contributed by atoms with Crippen LogP contribution in [0.4, 0.5) is 8.78 Å². The van der Waals surface area contributed by atoms with Crippen LogP contribution in [0.15, 0.2) is 24.4 Å². The summed E-state index contributed by atoms with van der Waals surface area (Å²) in [5.74, 6) is 0.0863. The van der Waals surface area contributed by atoms with Gasteiger partial charge in [0, 0.05) is 24.2 Å². The minimum atomic E-state index is -2.94. The Morgan fingerprint density at radius 3 is 2.97 bits per heavy atom. The van der Waals surface area contributed by atoms with Gasteiger partial charge < -0.3 is 15.0 Å². The highest BCUT2D eigenvalue weighted by molar-refractivity contribution is 5.79. The van der Waals surface area contributed by atoms with Crippen molar-refractivity contribution in [2.75, 3.05) is 0 Å². The van der Waals surface area contributed by atoms with Crippen LogP contribution in [0.5, 0.6) is 5.88 Å². The Labute approximate surface area is 177 Å². The van der Waals surface area contributed by atoms with E-state index >= 15 is 0 Å². The quantitative estimate of drug-likeness (QED) is 0.734. The van der Waals surface area contributed by atoms with Gasteiger partial charge in [-0.25, -0.2) is 4.68 Å². The standard InChI is InChI=1S/C21H22F2N6O2/c22-21(23)31-19-3-1-2-18(26-19)29-10-13-8-12(4-6-15(13)27-29)20(30)25-16-9-14-5-7-17(16)28(14)11-24/h1-3,10,12,14,16-17,21H,4-9H2,(H,25,30)/t12?,14-,16+,17+/m0/s1. The summed E-state index contributed by atoms with van der Waals surface area (Å²) >= 11 is 0. The van der Waals surface area contributed by atoms with E-state index in [0.29, 0.717) is 25.1 Å². The van der Waals surface area contributed by atoms with Gasteiger partial charge in [-0.15, -0.1) is 0 Å². The summed E-state index contributed by atoms with van der Waals surface area (Å²) in [7, 11) is 0. The molecule has 1 aliphatic carbocycles. The number of halogens is 2. The molecule has 31 heavy (non-hydrogen) atoms. The third kappa shape index (κ3) is 3.69. The van der Waals surface area contributed by atoms with Gasteiger partial charge in [0.2, 0.25) is 11.8 Å². The van der Waals surface area contributed by atoms with E-state index in [9.17, 15) is 18.8 Å². The number of hydrogen-bond acceptors (Lipinski definition) is 6. The highest BCUT2D eigenvalue weighted by Crippen LogP contribution is 2.37. The van der Waals surface area contributed by atoms with E-state index in [0.717, 1.165) is 30.5 Å². The summed E-state index contributed by atoms with van der Waals surface area (Å²) in [6, 6.07) is 5.02. The van der Waals surface area contributed by atoms with Crippen LogP contribution in [-0.2, 0) is 17.6 Å². The Morgan fingerprint density at radius 2 is 2.19 bits per heavy atom. The van der Waals surface area contributed by atoms with Gasteiger partial charge in [-0.2, -0.15) is 24.1 Å². The van der Waals surface area contributed by atoms with Gasteiger partial charge in [0.25, 0.3) is 0 Å². The molecular weight excluding hydrogens is 406 g/mol. The third-order valence-electron chi connectivity index (χ3n) is 6.58. The molecule has 10 heteroatoms.